The summed E-state index contributed by atoms with van der Waals surface area (Å²) in [6.07, 6.45) is 0.321. The summed E-state index contributed by atoms with van der Waals surface area (Å²) < 4.78 is 0.894. The molecule has 0 aromatic heterocycles. The first-order valence-electron chi connectivity index (χ1n) is 8.34. The molecule has 0 unspecified atom stereocenters. The molecular formula is C20H21BrN2O3. The standard InChI is InChI=1S/C20H21BrN2O3/c21-17-8-6-16(7-9-17)18(24)10-11-20(26)23(13-12-19(22)25)14-15-4-2-1-3-5-15/h1-9H,10-14H2,(H2,22,25). The molecule has 0 aliphatic carbocycles. The highest BCUT2D eigenvalue weighted by Crippen LogP contribution is 2.14. The number of benzene rings is 2. The first kappa shape index (κ1) is 19.8. The molecule has 2 rings (SSSR count). The van der Waals surface area contributed by atoms with Crippen molar-refractivity contribution in [2.45, 2.75) is 25.8 Å². The van der Waals surface area contributed by atoms with Crippen molar-refractivity contribution in [3.8, 4) is 0 Å². The van der Waals surface area contributed by atoms with Crippen molar-refractivity contribution < 1.29 is 14.4 Å². The van der Waals surface area contributed by atoms with Crippen LogP contribution in [0.2, 0.25) is 0 Å². The van der Waals surface area contributed by atoms with Crippen LogP contribution >= 0.6 is 15.9 Å². The molecule has 2 aromatic carbocycles. The minimum absolute atomic E-state index is 0.0830. The van der Waals surface area contributed by atoms with E-state index in [1.54, 1.807) is 29.2 Å². The second kappa shape index (κ2) is 9.87. The Kier molecular flexibility index (Phi) is 7.53. The molecule has 0 aliphatic rings. The normalized spacial score (nSPS) is 10.3. The number of hydrogen-bond donors (Lipinski definition) is 1. The second-order valence-corrected chi connectivity index (χ2v) is 6.86. The first-order valence-corrected chi connectivity index (χ1v) is 9.14. The van der Waals surface area contributed by atoms with Gasteiger partial charge in [0, 0.05) is 42.4 Å². The number of rotatable bonds is 9. The third-order valence-electron chi connectivity index (χ3n) is 3.93. The summed E-state index contributed by atoms with van der Waals surface area (Å²) in [5.74, 6) is -0.706. The maximum atomic E-state index is 12.6. The summed E-state index contributed by atoms with van der Waals surface area (Å²) in [6, 6.07) is 16.6. The van der Waals surface area contributed by atoms with Gasteiger partial charge in [0.2, 0.25) is 11.8 Å². The first-order chi connectivity index (χ1) is 12.5. The van der Waals surface area contributed by atoms with Gasteiger partial charge in [0.15, 0.2) is 5.78 Å². The fourth-order valence-electron chi connectivity index (χ4n) is 2.50. The van der Waals surface area contributed by atoms with Gasteiger partial charge in [-0.1, -0.05) is 58.4 Å². The summed E-state index contributed by atoms with van der Waals surface area (Å²) in [4.78, 5) is 37.5. The lowest BCUT2D eigenvalue weighted by atomic mass is 10.1. The van der Waals surface area contributed by atoms with Crippen LogP contribution in [0.25, 0.3) is 0 Å². The lowest BCUT2D eigenvalue weighted by Crippen LogP contribution is -2.33. The molecule has 2 aromatic rings. The van der Waals surface area contributed by atoms with Gasteiger partial charge in [0.25, 0.3) is 0 Å². The Morgan fingerprint density at radius 1 is 0.885 bits per heavy atom. The van der Waals surface area contributed by atoms with E-state index in [2.05, 4.69) is 15.9 Å². The summed E-state index contributed by atoms with van der Waals surface area (Å²) in [5.41, 5.74) is 6.75. The smallest absolute Gasteiger partial charge is 0.223 e. The van der Waals surface area contributed by atoms with Crippen LogP contribution in [0.5, 0.6) is 0 Å². The highest BCUT2D eigenvalue weighted by Gasteiger charge is 2.17. The molecule has 0 atom stereocenters. The number of amides is 2. The molecule has 0 fully saturated rings. The van der Waals surface area contributed by atoms with Gasteiger partial charge in [-0.15, -0.1) is 0 Å². The fourth-order valence-corrected chi connectivity index (χ4v) is 2.76. The Morgan fingerprint density at radius 2 is 1.54 bits per heavy atom. The van der Waals surface area contributed by atoms with E-state index >= 15 is 0 Å². The quantitative estimate of drug-likeness (QED) is 0.636. The number of Topliss-reactive ketones (excluding diaryl/α,β-unsaturated/α-hetero) is 1. The Morgan fingerprint density at radius 3 is 2.15 bits per heavy atom. The largest absolute Gasteiger partial charge is 0.370 e. The number of carbonyl (C=O) groups is 3. The van der Waals surface area contributed by atoms with Crippen LogP contribution in [0.1, 0.15) is 35.2 Å². The van der Waals surface area contributed by atoms with E-state index in [1.807, 2.05) is 30.3 Å². The third kappa shape index (κ3) is 6.44. The predicted molar refractivity (Wildman–Crippen MR) is 103 cm³/mol. The Balaban J connectivity index is 1.97. The SMILES string of the molecule is NC(=O)CCN(Cc1ccccc1)C(=O)CCC(=O)c1ccc(Br)cc1. The van der Waals surface area contributed by atoms with Gasteiger partial charge in [-0.05, 0) is 17.7 Å². The molecule has 0 saturated carbocycles. The molecule has 5 nitrogen and oxygen atoms in total. The van der Waals surface area contributed by atoms with Crippen molar-refractivity contribution in [2.75, 3.05) is 6.54 Å². The Labute approximate surface area is 161 Å². The lowest BCUT2D eigenvalue weighted by Gasteiger charge is -2.22. The topological polar surface area (TPSA) is 80.5 Å². The van der Waals surface area contributed by atoms with Crippen LogP contribution in [-0.2, 0) is 16.1 Å². The number of primary amides is 1. The van der Waals surface area contributed by atoms with Crippen LogP contribution in [0.15, 0.2) is 59.1 Å². The van der Waals surface area contributed by atoms with E-state index in [1.165, 1.54) is 0 Å². The molecule has 0 saturated heterocycles. The van der Waals surface area contributed by atoms with Crippen molar-refractivity contribution in [1.82, 2.24) is 4.90 Å². The van der Waals surface area contributed by atoms with Crippen molar-refractivity contribution in [3.05, 3.63) is 70.2 Å². The van der Waals surface area contributed by atoms with Crippen LogP contribution < -0.4 is 5.73 Å². The summed E-state index contributed by atoms with van der Waals surface area (Å²) in [7, 11) is 0. The zero-order valence-electron chi connectivity index (χ0n) is 14.4. The molecular weight excluding hydrogens is 396 g/mol. The molecule has 2 N–H and O–H groups in total. The second-order valence-electron chi connectivity index (χ2n) is 5.95. The minimum Gasteiger partial charge on any atom is -0.370 e. The Bertz CT molecular complexity index is 760. The van der Waals surface area contributed by atoms with E-state index in [-0.39, 0.29) is 37.5 Å². The van der Waals surface area contributed by atoms with Crippen LogP contribution in [0.4, 0.5) is 0 Å². The number of carbonyl (C=O) groups excluding carboxylic acids is 3. The summed E-state index contributed by atoms with van der Waals surface area (Å²) in [6.45, 7) is 0.634. The number of nitrogens with zero attached hydrogens (tertiary/aromatic N) is 1. The van der Waals surface area contributed by atoms with Crippen LogP contribution in [-0.4, -0.2) is 29.0 Å². The lowest BCUT2D eigenvalue weighted by molar-refractivity contribution is -0.132. The molecule has 0 spiro atoms. The number of ketones is 1. The number of halogens is 1. The highest BCUT2D eigenvalue weighted by molar-refractivity contribution is 9.10. The summed E-state index contributed by atoms with van der Waals surface area (Å²) >= 11 is 3.33. The maximum Gasteiger partial charge on any atom is 0.223 e. The molecule has 0 radical (unpaired) electrons. The summed E-state index contributed by atoms with van der Waals surface area (Å²) in [5, 5.41) is 0. The zero-order chi connectivity index (χ0) is 18.9. The molecule has 26 heavy (non-hydrogen) atoms. The van der Waals surface area contributed by atoms with Gasteiger partial charge in [0.1, 0.15) is 0 Å². The van der Waals surface area contributed by atoms with Crippen LogP contribution in [0.3, 0.4) is 0 Å². The fraction of sp³-hybridized carbons (Fsp3) is 0.250. The molecule has 2 amide bonds. The van der Waals surface area contributed by atoms with E-state index in [0.717, 1.165) is 10.0 Å². The zero-order valence-corrected chi connectivity index (χ0v) is 15.9. The van der Waals surface area contributed by atoms with Crippen molar-refractivity contribution in [3.63, 3.8) is 0 Å². The van der Waals surface area contributed by atoms with Crippen molar-refractivity contribution >= 4 is 33.5 Å². The van der Waals surface area contributed by atoms with Crippen LogP contribution in [0, 0.1) is 0 Å². The third-order valence-corrected chi connectivity index (χ3v) is 4.46. The Hall–Kier alpha value is -2.47. The average Bonchev–Trinajstić information content (AvgIpc) is 2.64. The van der Waals surface area contributed by atoms with Crippen molar-refractivity contribution in [2.24, 2.45) is 5.73 Å². The molecule has 6 heteroatoms. The minimum atomic E-state index is -0.457. The van der Waals surface area contributed by atoms with Gasteiger partial charge < -0.3 is 10.6 Å². The predicted octanol–water partition coefficient (Wildman–Crippen LogP) is 3.32. The van der Waals surface area contributed by atoms with E-state index in [9.17, 15) is 14.4 Å². The monoisotopic (exact) mass is 416 g/mol. The van der Waals surface area contributed by atoms with Crippen molar-refractivity contribution in [1.29, 1.82) is 0 Å². The molecule has 0 heterocycles. The van der Waals surface area contributed by atoms with E-state index in [4.69, 9.17) is 5.73 Å². The number of hydrogen-bond acceptors (Lipinski definition) is 3. The van der Waals surface area contributed by atoms with Gasteiger partial charge >= 0.3 is 0 Å². The average molecular weight is 417 g/mol. The van der Waals surface area contributed by atoms with E-state index in [0.29, 0.717) is 12.1 Å². The molecule has 0 aliphatic heterocycles. The van der Waals surface area contributed by atoms with Gasteiger partial charge in [0.05, 0.1) is 0 Å². The molecule has 0 bridgehead atoms. The molecule has 136 valence electrons. The van der Waals surface area contributed by atoms with Gasteiger partial charge in [-0.3, -0.25) is 14.4 Å². The van der Waals surface area contributed by atoms with Gasteiger partial charge in [-0.25, -0.2) is 0 Å². The van der Waals surface area contributed by atoms with E-state index < -0.39 is 5.91 Å². The number of nitrogens with two attached hydrogens (primary N) is 1. The maximum absolute atomic E-state index is 12.6. The van der Waals surface area contributed by atoms with Gasteiger partial charge in [-0.2, -0.15) is 0 Å². The highest BCUT2D eigenvalue weighted by atomic mass is 79.9.